The third-order valence-corrected chi connectivity index (χ3v) is 11.1. The maximum Gasteiger partial charge on any atom is 0.416 e. The van der Waals surface area contributed by atoms with E-state index in [-0.39, 0.29) is 47.4 Å². The lowest BCUT2D eigenvalue weighted by Gasteiger charge is -2.31. The molecule has 2 aliphatic carbocycles. The molecule has 18 heteroatoms. The summed E-state index contributed by atoms with van der Waals surface area (Å²) in [5.41, 5.74) is -3.36. The maximum absolute atomic E-state index is 12.5. The van der Waals surface area contributed by atoms with Crippen molar-refractivity contribution in [1.29, 1.82) is 10.5 Å². The fraction of sp³-hybridized carbons (Fsp3) is 0.483. The number of carboxylic acid groups (broad SMARTS) is 1. The first-order valence-electron chi connectivity index (χ1n) is 14.2. The maximum atomic E-state index is 12.5. The molecule has 0 atom stereocenters. The highest BCUT2D eigenvalue weighted by Gasteiger charge is 2.43. The molecule has 0 radical (unpaired) electrons. The summed E-state index contributed by atoms with van der Waals surface area (Å²) >= 11 is 0. The number of carbonyl (C=O) groups is 1. The highest BCUT2D eigenvalue weighted by atomic mass is 32.2. The average Bonchev–Trinajstić information content (AvgIpc) is 3.01. The minimum atomic E-state index is -4.56. The predicted octanol–water partition coefficient (Wildman–Crippen LogP) is 5.59. The van der Waals surface area contributed by atoms with Crippen molar-refractivity contribution < 1.29 is 53.1 Å². The largest absolute Gasteiger partial charge is 0.480 e. The van der Waals surface area contributed by atoms with Gasteiger partial charge in [-0.25, -0.2) is 26.3 Å². The summed E-state index contributed by atoms with van der Waals surface area (Å²) in [5, 5.41) is 27.0. The molecule has 0 aromatic heterocycles. The summed E-state index contributed by atoms with van der Waals surface area (Å²) in [6, 6.07) is 9.57. The number of nitrogens with one attached hydrogen (secondary N) is 2. The number of carboxylic acids is 1. The van der Waals surface area contributed by atoms with Crippen molar-refractivity contribution in [3.05, 3.63) is 59.7 Å². The summed E-state index contributed by atoms with van der Waals surface area (Å²) in [7, 11) is -7.88. The van der Waals surface area contributed by atoms with Crippen LogP contribution in [-0.4, -0.2) is 40.0 Å². The molecule has 0 unspecified atom stereocenters. The first-order valence-corrected chi connectivity index (χ1v) is 17.1. The van der Waals surface area contributed by atoms with Crippen LogP contribution in [0.2, 0.25) is 0 Å². The lowest BCUT2D eigenvalue weighted by atomic mass is 9.74. The number of nitriles is 2. The van der Waals surface area contributed by atoms with Crippen LogP contribution in [0.5, 0.6) is 0 Å². The van der Waals surface area contributed by atoms with Crippen LogP contribution in [0.1, 0.15) is 62.5 Å². The van der Waals surface area contributed by atoms with Crippen molar-refractivity contribution in [2.75, 3.05) is 0 Å². The van der Waals surface area contributed by atoms with Crippen LogP contribution in [0, 0.1) is 34.0 Å². The van der Waals surface area contributed by atoms with Gasteiger partial charge in [0.1, 0.15) is 0 Å². The summed E-state index contributed by atoms with van der Waals surface area (Å²) < 4.78 is 129. The number of alkyl halides is 6. The molecular formula is C29H30F6N4O6S2. The molecule has 0 aliphatic heterocycles. The highest BCUT2D eigenvalue weighted by molar-refractivity contribution is 7.89. The number of rotatable bonds is 7. The summed E-state index contributed by atoms with van der Waals surface area (Å²) in [6.07, 6.45) is -6.40. The van der Waals surface area contributed by atoms with Gasteiger partial charge in [0.05, 0.1) is 33.1 Å². The van der Waals surface area contributed by atoms with Crippen LogP contribution in [0.3, 0.4) is 0 Å². The number of nitrogens with zero attached hydrogens (tertiary/aromatic N) is 2. The Morgan fingerprint density at radius 1 is 0.702 bits per heavy atom. The second kappa shape index (κ2) is 14.6. The molecule has 4 rings (SSSR count). The van der Waals surface area contributed by atoms with Gasteiger partial charge in [0, 0.05) is 18.0 Å². The molecule has 0 amide bonds. The van der Waals surface area contributed by atoms with Gasteiger partial charge in [-0.2, -0.15) is 36.9 Å². The number of aliphatic carboxylic acids is 1. The molecule has 0 saturated heterocycles. The molecule has 10 nitrogen and oxygen atoms in total. The molecule has 47 heavy (non-hydrogen) atoms. The Labute approximate surface area is 267 Å². The zero-order chi connectivity index (χ0) is 35.3. The lowest BCUT2D eigenvalue weighted by Crippen LogP contribution is -2.42. The van der Waals surface area contributed by atoms with E-state index in [1.165, 1.54) is 0 Å². The Morgan fingerprint density at radius 2 is 1.06 bits per heavy atom. The number of sulfonamides is 2. The molecule has 0 heterocycles. The second-order valence-corrected chi connectivity index (χ2v) is 14.7. The van der Waals surface area contributed by atoms with E-state index >= 15 is 0 Å². The van der Waals surface area contributed by atoms with Gasteiger partial charge in [-0.3, -0.25) is 4.79 Å². The van der Waals surface area contributed by atoms with Crippen molar-refractivity contribution in [1.82, 2.24) is 9.44 Å². The van der Waals surface area contributed by atoms with Gasteiger partial charge in [-0.15, -0.1) is 0 Å². The van der Waals surface area contributed by atoms with Crippen LogP contribution in [0.15, 0.2) is 58.3 Å². The third kappa shape index (κ3) is 9.90. The molecule has 0 spiro atoms. The van der Waals surface area contributed by atoms with Crippen molar-refractivity contribution in [3.8, 4) is 12.1 Å². The summed E-state index contributed by atoms with van der Waals surface area (Å²) in [6.45, 7) is 0. The summed E-state index contributed by atoms with van der Waals surface area (Å²) in [5.74, 6) is -1.29. The average molecular weight is 709 g/mol. The zero-order valence-corrected chi connectivity index (χ0v) is 26.1. The number of hydrogen-bond donors (Lipinski definition) is 3. The van der Waals surface area contributed by atoms with E-state index in [0.29, 0.717) is 37.8 Å². The van der Waals surface area contributed by atoms with Crippen LogP contribution < -0.4 is 9.44 Å². The van der Waals surface area contributed by atoms with Gasteiger partial charge >= 0.3 is 18.3 Å². The Kier molecular flexibility index (Phi) is 11.7. The molecule has 256 valence electrons. The van der Waals surface area contributed by atoms with E-state index in [9.17, 15) is 48.0 Å². The highest BCUT2D eigenvalue weighted by Crippen LogP contribution is 2.37. The molecule has 0 bridgehead atoms. The second-order valence-electron chi connectivity index (χ2n) is 11.2. The minimum absolute atomic E-state index is 0.000961. The minimum Gasteiger partial charge on any atom is -0.480 e. The van der Waals surface area contributed by atoms with Gasteiger partial charge in [0.15, 0.2) is 5.41 Å². The van der Waals surface area contributed by atoms with Gasteiger partial charge in [-0.05, 0) is 99.9 Å². The van der Waals surface area contributed by atoms with Crippen molar-refractivity contribution in [2.45, 2.75) is 85.6 Å². The standard InChI is InChI=1S/C15H15F3N2O4S.C14H15F3N2O2S/c16-15(17,18)10-1-3-12(4-2-10)25(23,24)20-11-5-7-14(9-19,8-6-11)13(21)22;15-14(16,17)11-3-7-13(8-4-11)22(20,21)19-12-5-1-10(9-18)2-6-12/h1-4,11,20H,5-8H2,(H,21,22);3-4,7-8,10,12,19H,1-2,5-6H2. The molecule has 2 fully saturated rings. The smallest absolute Gasteiger partial charge is 0.416 e. The number of halogens is 6. The topological polar surface area (TPSA) is 177 Å². The Bertz CT molecular complexity index is 1700. The van der Waals surface area contributed by atoms with Crippen LogP contribution in [0.4, 0.5) is 26.3 Å². The van der Waals surface area contributed by atoms with E-state index < -0.39 is 61.0 Å². The molecule has 3 N–H and O–H groups in total. The van der Waals surface area contributed by atoms with Gasteiger partial charge in [0.2, 0.25) is 20.0 Å². The van der Waals surface area contributed by atoms with E-state index in [0.717, 1.165) is 36.4 Å². The first kappa shape index (κ1) is 37.7. The van der Waals surface area contributed by atoms with Gasteiger partial charge < -0.3 is 5.11 Å². The molecule has 2 saturated carbocycles. The zero-order valence-electron chi connectivity index (χ0n) is 24.5. The number of hydrogen-bond acceptors (Lipinski definition) is 7. The lowest BCUT2D eigenvalue weighted by molar-refractivity contribution is -0.147. The normalized spacial score (nSPS) is 23.8. The van der Waals surface area contributed by atoms with E-state index in [4.69, 9.17) is 15.6 Å². The molecule has 2 aromatic rings. The Balaban J connectivity index is 0.000000257. The molecular weight excluding hydrogens is 678 g/mol. The predicted molar refractivity (Wildman–Crippen MR) is 153 cm³/mol. The van der Waals surface area contributed by atoms with Crippen molar-refractivity contribution in [2.24, 2.45) is 11.3 Å². The third-order valence-electron chi connectivity index (χ3n) is 8.00. The van der Waals surface area contributed by atoms with Crippen molar-refractivity contribution >= 4 is 26.0 Å². The van der Waals surface area contributed by atoms with Gasteiger partial charge in [0.25, 0.3) is 0 Å². The van der Waals surface area contributed by atoms with E-state index in [2.05, 4.69) is 15.5 Å². The monoisotopic (exact) mass is 708 g/mol. The van der Waals surface area contributed by atoms with Crippen LogP contribution in [-0.2, 0) is 37.2 Å². The fourth-order valence-corrected chi connectivity index (χ4v) is 7.77. The SMILES string of the molecule is N#CC1(C(=O)O)CCC(NS(=O)(=O)c2ccc(C(F)(F)F)cc2)CC1.N#CC1CCC(NS(=O)(=O)c2ccc(C(F)(F)F)cc2)CC1. The van der Waals surface area contributed by atoms with Crippen LogP contribution in [0.25, 0.3) is 0 Å². The van der Waals surface area contributed by atoms with E-state index in [1.54, 1.807) is 6.07 Å². The fourth-order valence-electron chi connectivity index (χ4n) is 5.16. The van der Waals surface area contributed by atoms with E-state index in [1.807, 2.05) is 0 Å². The number of benzene rings is 2. The Morgan fingerprint density at radius 3 is 1.36 bits per heavy atom. The van der Waals surface area contributed by atoms with Gasteiger partial charge in [-0.1, -0.05) is 0 Å². The van der Waals surface area contributed by atoms with Crippen LogP contribution >= 0.6 is 0 Å². The molecule has 2 aliphatic rings. The first-order chi connectivity index (χ1) is 21.7. The molecule has 2 aromatic carbocycles. The Hall–Kier alpha value is -3.71. The van der Waals surface area contributed by atoms with Crippen molar-refractivity contribution in [3.63, 3.8) is 0 Å². The summed E-state index contributed by atoms with van der Waals surface area (Å²) in [4.78, 5) is 10.7. The quantitative estimate of drug-likeness (QED) is 0.312.